The molecule has 0 bridgehead atoms. The van der Waals surface area contributed by atoms with Crippen LogP contribution in [-0.4, -0.2) is 57.8 Å². The molecule has 0 radical (unpaired) electrons. The number of thiophene rings is 1. The van der Waals surface area contributed by atoms with Gasteiger partial charge in [-0.25, -0.2) is 4.79 Å². The van der Waals surface area contributed by atoms with Crippen LogP contribution in [-0.2, 0) is 9.53 Å². The second kappa shape index (κ2) is 9.36. The maximum Gasteiger partial charge on any atom is 0.341 e. The Bertz CT molecular complexity index is 821. The molecule has 1 saturated heterocycles. The fourth-order valence-electron chi connectivity index (χ4n) is 3.50. The Morgan fingerprint density at radius 2 is 1.89 bits per heavy atom. The standard InChI is InChI=1S/C20H27N3O4S/c1-4-22-8-10-23(11-9-22)12-17(24)21-19-18(20(25)26-5-2)15(13-28-19)16-7-6-14(3)27-16/h6-7,13H,4-5,8-12H2,1-3H3,(H,21,24)/p+2. The molecule has 0 atom stereocenters. The van der Waals surface area contributed by atoms with Gasteiger partial charge >= 0.3 is 5.97 Å². The third-order valence-electron chi connectivity index (χ3n) is 5.10. The van der Waals surface area contributed by atoms with Crippen LogP contribution in [0.4, 0.5) is 5.00 Å². The summed E-state index contributed by atoms with van der Waals surface area (Å²) >= 11 is 1.32. The van der Waals surface area contributed by atoms with Crippen molar-refractivity contribution in [3.05, 3.63) is 28.8 Å². The van der Waals surface area contributed by atoms with Crippen LogP contribution in [0.15, 0.2) is 21.9 Å². The van der Waals surface area contributed by atoms with E-state index in [1.165, 1.54) is 16.2 Å². The Labute approximate surface area is 169 Å². The van der Waals surface area contributed by atoms with Crippen LogP contribution < -0.4 is 15.1 Å². The minimum absolute atomic E-state index is 0.0791. The average molecular weight is 408 g/mol. The van der Waals surface area contributed by atoms with E-state index in [0.717, 1.165) is 38.5 Å². The molecule has 1 amide bonds. The quantitative estimate of drug-likeness (QED) is 0.575. The van der Waals surface area contributed by atoms with Gasteiger partial charge in [0.25, 0.3) is 5.91 Å². The first-order valence-corrected chi connectivity index (χ1v) is 10.7. The number of rotatable bonds is 7. The fraction of sp³-hybridized carbons (Fsp3) is 0.500. The lowest BCUT2D eigenvalue weighted by atomic mass is 10.1. The van der Waals surface area contributed by atoms with E-state index in [-0.39, 0.29) is 12.5 Å². The number of aryl methyl sites for hydroxylation is 1. The molecule has 3 N–H and O–H groups in total. The average Bonchev–Trinajstić information content (AvgIpc) is 3.28. The summed E-state index contributed by atoms with van der Waals surface area (Å²) in [5.41, 5.74) is 1.02. The number of amides is 1. The van der Waals surface area contributed by atoms with Gasteiger partial charge in [0.1, 0.15) is 48.3 Å². The third kappa shape index (κ3) is 4.81. The number of quaternary nitrogens is 2. The maximum atomic E-state index is 12.6. The molecule has 0 aromatic carbocycles. The van der Waals surface area contributed by atoms with Crippen LogP contribution in [0, 0.1) is 6.92 Å². The number of piperazine rings is 1. The van der Waals surface area contributed by atoms with Crippen LogP contribution in [0.25, 0.3) is 11.3 Å². The molecule has 0 unspecified atom stereocenters. The van der Waals surface area contributed by atoms with Gasteiger partial charge in [-0.15, -0.1) is 11.3 Å². The number of furan rings is 1. The van der Waals surface area contributed by atoms with Gasteiger partial charge in [0, 0.05) is 10.9 Å². The molecule has 1 aliphatic heterocycles. The minimum Gasteiger partial charge on any atom is -0.462 e. The SMILES string of the molecule is CCOC(=O)c1c(-c2ccc(C)o2)csc1NC(=O)C[NH+]1CC[NH+](CC)CC1. The molecule has 0 spiro atoms. The zero-order valence-corrected chi connectivity index (χ0v) is 17.5. The van der Waals surface area contributed by atoms with E-state index >= 15 is 0 Å². The minimum atomic E-state index is -0.449. The van der Waals surface area contributed by atoms with E-state index in [1.54, 1.807) is 11.8 Å². The number of hydrogen-bond donors (Lipinski definition) is 3. The summed E-state index contributed by atoms with van der Waals surface area (Å²) in [6, 6.07) is 3.67. The number of esters is 1. The van der Waals surface area contributed by atoms with E-state index in [0.29, 0.717) is 28.4 Å². The molecule has 1 aliphatic rings. The van der Waals surface area contributed by atoms with Crippen molar-refractivity contribution >= 4 is 28.2 Å². The number of likely N-dealkylation sites (N-methyl/N-ethyl adjacent to an activating group) is 1. The molecule has 28 heavy (non-hydrogen) atoms. The monoisotopic (exact) mass is 407 g/mol. The molecule has 3 heterocycles. The molecule has 0 saturated carbocycles. The van der Waals surface area contributed by atoms with Crippen molar-refractivity contribution in [2.75, 3.05) is 51.2 Å². The van der Waals surface area contributed by atoms with Crippen molar-refractivity contribution in [2.24, 2.45) is 0 Å². The normalized spacial score (nSPS) is 19.4. The van der Waals surface area contributed by atoms with Gasteiger partial charge in [-0.05, 0) is 32.9 Å². The van der Waals surface area contributed by atoms with E-state index in [4.69, 9.17) is 9.15 Å². The van der Waals surface area contributed by atoms with Gasteiger partial charge in [-0.3, -0.25) is 4.79 Å². The van der Waals surface area contributed by atoms with Gasteiger partial charge in [-0.1, -0.05) is 0 Å². The van der Waals surface area contributed by atoms with E-state index in [1.807, 2.05) is 24.4 Å². The van der Waals surface area contributed by atoms with E-state index < -0.39 is 5.97 Å². The second-order valence-corrected chi connectivity index (χ2v) is 7.94. The molecule has 7 nitrogen and oxygen atoms in total. The summed E-state index contributed by atoms with van der Waals surface area (Å²) in [4.78, 5) is 28.0. The lowest BCUT2D eigenvalue weighted by molar-refractivity contribution is -1.01. The highest BCUT2D eigenvalue weighted by Crippen LogP contribution is 2.36. The maximum absolute atomic E-state index is 12.6. The van der Waals surface area contributed by atoms with Crippen LogP contribution in [0.2, 0.25) is 0 Å². The van der Waals surface area contributed by atoms with Crippen molar-refractivity contribution in [3.8, 4) is 11.3 Å². The summed E-state index contributed by atoms with van der Waals surface area (Å²) in [6.45, 7) is 11.8. The van der Waals surface area contributed by atoms with Gasteiger partial charge in [0.05, 0.1) is 13.2 Å². The highest BCUT2D eigenvalue weighted by Gasteiger charge is 2.27. The van der Waals surface area contributed by atoms with Crippen LogP contribution >= 0.6 is 11.3 Å². The summed E-state index contributed by atoms with van der Waals surface area (Å²) in [7, 11) is 0. The highest BCUT2D eigenvalue weighted by atomic mass is 32.1. The van der Waals surface area contributed by atoms with Crippen LogP contribution in [0.3, 0.4) is 0 Å². The predicted molar refractivity (Wildman–Crippen MR) is 108 cm³/mol. The van der Waals surface area contributed by atoms with Crippen molar-refractivity contribution in [1.82, 2.24) is 0 Å². The number of ether oxygens (including phenoxy) is 1. The van der Waals surface area contributed by atoms with Crippen molar-refractivity contribution in [3.63, 3.8) is 0 Å². The van der Waals surface area contributed by atoms with Crippen molar-refractivity contribution in [2.45, 2.75) is 20.8 Å². The third-order valence-corrected chi connectivity index (χ3v) is 6.00. The van der Waals surface area contributed by atoms with E-state index in [9.17, 15) is 9.59 Å². The molecule has 8 heteroatoms. The fourth-order valence-corrected chi connectivity index (χ4v) is 4.46. The van der Waals surface area contributed by atoms with E-state index in [2.05, 4.69) is 12.2 Å². The molecular weight excluding hydrogens is 378 g/mol. The Kier molecular flexibility index (Phi) is 6.88. The van der Waals surface area contributed by atoms with Crippen molar-refractivity contribution < 1.29 is 28.5 Å². The zero-order chi connectivity index (χ0) is 20.1. The van der Waals surface area contributed by atoms with Gasteiger partial charge < -0.3 is 24.3 Å². The van der Waals surface area contributed by atoms with Crippen molar-refractivity contribution in [1.29, 1.82) is 0 Å². The highest BCUT2D eigenvalue weighted by molar-refractivity contribution is 7.15. The summed E-state index contributed by atoms with van der Waals surface area (Å²) < 4.78 is 10.9. The Morgan fingerprint density at radius 3 is 2.50 bits per heavy atom. The smallest absolute Gasteiger partial charge is 0.341 e. The zero-order valence-electron chi connectivity index (χ0n) is 16.7. The lowest BCUT2D eigenvalue weighted by Crippen LogP contribution is -3.28. The van der Waals surface area contributed by atoms with Gasteiger partial charge in [-0.2, -0.15) is 0 Å². The summed E-state index contributed by atoms with van der Waals surface area (Å²) in [5, 5.41) is 5.28. The first kappa shape index (κ1) is 20.6. The lowest BCUT2D eigenvalue weighted by Gasteiger charge is -2.28. The largest absolute Gasteiger partial charge is 0.462 e. The molecule has 1 fully saturated rings. The van der Waals surface area contributed by atoms with Crippen LogP contribution in [0.1, 0.15) is 30.0 Å². The first-order chi connectivity index (χ1) is 13.5. The van der Waals surface area contributed by atoms with Gasteiger partial charge in [0.2, 0.25) is 0 Å². The molecule has 3 rings (SSSR count). The molecule has 0 aliphatic carbocycles. The summed E-state index contributed by atoms with van der Waals surface area (Å²) in [5.74, 6) is 0.834. The topological polar surface area (TPSA) is 77.4 Å². The summed E-state index contributed by atoms with van der Waals surface area (Å²) in [6.07, 6.45) is 0. The number of nitrogens with one attached hydrogen (secondary N) is 3. The molecule has 152 valence electrons. The predicted octanol–water partition coefficient (Wildman–Crippen LogP) is 0.235. The molecule has 2 aromatic rings. The number of anilines is 1. The molecule has 2 aromatic heterocycles. The number of carbonyl (C=O) groups excluding carboxylic acids is 2. The second-order valence-electron chi connectivity index (χ2n) is 7.06. The Morgan fingerprint density at radius 1 is 1.18 bits per heavy atom. The molecular formula is C20H29N3O4S+2. The van der Waals surface area contributed by atoms with Crippen LogP contribution in [0.5, 0.6) is 0 Å². The number of hydrogen-bond acceptors (Lipinski definition) is 5. The van der Waals surface area contributed by atoms with Gasteiger partial charge in [0.15, 0.2) is 6.54 Å². The Hall–Kier alpha value is -2.16. The number of carbonyl (C=O) groups is 2. The first-order valence-electron chi connectivity index (χ1n) is 9.84. The Balaban J connectivity index is 1.73.